The van der Waals surface area contributed by atoms with E-state index >= 15 is 0 Å². The lowest BCUT2D eigenvalue weighted by atomic mass is 10.1. The Morgan fingerprint density at radius 1 is 1.05 bits per heavy atom. The van der Waals surface area contributed by atoms with Crippen molar-refractivity contribution >= 4 is 10.9 Å². The molecular formula is C18H20N2. The van der Waals surface area contributed by atoms with Crippen LogP contribution in [0.5, 0.6) is 0 Å². The second-order valence-electron chi connectivity index (χ2n) is 5.40. The van der Waals surface area contributed by atoms with Gasteiger partial charge in [0.2, 0.25) is 0 Å². The monoisotopic (exact) mass is 264 g/mol. The summed E-state index contributed by atoms with van der Waals surface area (Å²) in [5.41, 5.74) is 5.06. The second-order valence-corrected chi connectivity index (χ2v) is 5.40. The van der Waals surface area contributed by atoms with Crippen molar-refractivity contribution in [1.29, 1.82) is 0 Å². The molecule has 2 nitrogen and oxygen atoms in total. The van der Waals surface area contributed by atoms with Crippen LogP contribution in [0.4, 0.5) is 0 Å². The van der Waals surface area contributed by atoms with Crippen molar-refractivity contribution in [3.8, 4) is 0 Å². The van der Waals surface area contributed by atoms with Gasteiger partial charge in [-0.3, -0.25) is 0 Å². The first kappa shape index (κ1) is 12.9. The Balaban J connectivity index is 1.68. The van der Waals surface area contributed by atoms with Crippen LogP contribution in [0.1, 0.15) is 29.8 Å². The molecule has 0 bridgehead atoms. The van der Waals surface area contributed by atoms with Gasteiger partial charge in [0, 0.05) is 23.8 Å². The Labute approximate surface area is 119 Å². The minimum absolute atomic E-state index is 0.349. The summed E-state index contributed by atoms with van der Waals surface area (Å²) in [5.74, 6) is 0. The van der Waals surface area contributed by atoms with Crippen LogP contribution in [-0.2, 0) is 6.54 Å². The Bertz CT molecular complexity index is 662. The maximum absolute atomic E-state index is 3.56. The van der Waals surface area contributed by atoms with E-state index in [2.05, 4.69) is 78.7 Å². The van der Waals surface area contributed by atoms with Gasteiger partial charge in [-0.25, -0.2) is 0 Å². The van der Waals surface area contributed by atoms with Gasteiger partial charge in [-0.15, -0.1) is 0 Å². The average Bonchev–Trinajstić information content (AvgIpc) is 2.88. The van der Waals surface area contributed by atoms with E-state index in [9.17, 15) is 0 Å². The van der Waals surface area contributed by atoms with E-state index < -0.39 is 0 Å². The molecule has 2 heteroatoms. The molecule has 0 radical (unpaired) electrons. The van der Waals surface area contributed by atoms with Gasteiger partial charge in [-0.2, -0.15) is 0 Å². The van der Waals surface area contributed by atoms with Gasteiger partial charge in [0.1, 0.15) is 0 Å². The maximum Gasteiger partial charge on any atom is 0.0456 e. The van der Waals surface area contributed by atoms with Crippen LogP contribution < -0.4 is 5.32 Å². The minimum atomic E-state index is 0.349. The number of aromatic nitrogens is 1. The molecule has 2 N–H and O–H groups in total. The van der Waals surface area contributed by atoms with Crippen molar-refractivity contribution in [3.05, 3.63) is 71.4 Å². The number of para-hydroxylation sites is 1. The van der Waals surface area contributed by atoms with Crippen molar-refractivity contribution < 1.29 is 0 Å². The fraction of sp³-hybridized carbons (Fsp3) is 0.222. The number of hydrogen-bond acceptors (Lipinski definition) is 1. The second kappa shape index (κ2) is 5.51. The lowest BCUT2D eigenvalue weighted by molar-refractivity contribution is 0.569. The molecule has 3 aromatic rings. The van der Waals surface area contributed by atoms with Crippen molar-refractivity contribution in [2.45, 2.75) is 26.4 Å². The Morgan fingerprint density at radius 3 is 2.55 bits per heavy atom. The fourth-order valence-electron chi connectivity index (χ4n) is 2.46. The molecule has 0 unspecified atom stereocenters. The number of aryl methyl sites for hydroxylation is 1. The molecule has 0 aliphatic heterocycles. The molecule has 0 aliphatic rings. The zero-order valence-corrected chi connectivity index (χ0v) is 12.0. The van der Waals surface area contributed by atoms with Crippen LogP contribution in [0, 0.1) is 6.92 Å². The highest BCUT2D eigenvalue weighted by Gasteiger charge is 2.05. The van der Waals surface area contributed by atoms with Crippen LogP contribution in [-0.4, -0.2) is 4.98 Å². The number of hydrogen-bond donors (Lipinski definition) is 2. The van der Waals surface area contributed by atoms with Crippen molar-refractivity contribution in [3.63, 3.8) is 0 Å². The first-order valence-electron chi connectivity index (χ1n) is 7.09. The molecule has 0 saturated carbocycles. The SMILES string of the molecule is Cc1ccc([C@@H](C)NCc2cc3ccccc3[nH]2)cc1. The Hall–Kier alpha value is -2.06. The standard InChI is InChI=1S/C18H20N2/c1-13-7-9-15(10-8-13)14(2)19-12-17-11-16-5-3-4-6-18(16)20-17/h3-11,14,19-20H,12H2,1-2H3/t14-/m1/s1. The van der Waals surface area contributed by atoms with Crippen LogP contribution in [0.15, 0.2) is 54.6 Å². The van der Waals surface area contributed by atoms with Crippen molar-refractivity contribution in [2.24, 2.45) is 0 Å². The van der Waals surface area contributed by atoms with E-state index in [1.807, 2.05) is 0 Å². The predicted octanol–water partition coefficient (Wildman–Crippen LogP) is 4.33. The molecule has 3 rings (SSSR count). The van der Waals surface area contributed by atoms with E-state index in [1.165, 1.54) is 27.7 Å². The summed E-state index contributed by atoms with van der Waals surface area (Å²) < 4.78 is 0. The first-order chi connectivity index (χ1) is 9.72. The highest BCUT2D eigenvalue weighted by Crippen LogP contribution is 2.17. The Kier molecular flexibility index (Phi) is 3.57. The van der Waals surface area contributed by atoms with E-state index in [0.717, 1.165) is 6.54 Å². The topological polar surface area (TPSA) is 27.8 Å². The molecule has 102 valence electrons. The molecule has 1 atom stereocenters. The normalized spacial score (nSPS) is 12.7. The molecule has 1 aromatic heterocycles. The van der Waals surface area contributed by atoms with Gasteiger partial charge in [-0.05, 0) is 36.9 Å². The fourth-order valence-corrected chi connectivity index (χ4v) is 2.46. The summed E-state index contributed by atoms with van der Waals surface area (Å²) in [6, 6.07) is 19.7. The van der Waals surface area contributed by atoms with Gasteiger partial charge in [0.05, 0.1) is 0 Å². The smallest absolute Gasteiger partial charge is 0.0456 e. The van der Waals surface area contributed by atoms with E-state index in [0.29, 0.717) is 6.04 Å². The third kappa shape index (κ3) is 2.75. The number of benzene rings is 2. The number of rotatable bonds is 4. The van der Waals surface area contributed by atoms with Gasteiger partial charge >= 0.3 is 0 Å². The number of aromatic amines is 1. The van der Waals surface area contributed by atoms with Crippen LogP contribution in [0.25, 0.3) is 10.9 Å². The summed E-state index contributed by atoms with van der Waals surface area (Å²) in [6.45, 7) is 5.17. The predicted molar refractivity (Wildman–Crippen MR) is 84.7 cm³/mol. The quantitative estimate of drug-likeness (QED) is 0.721. The number of nitrogens with one attached hydrogen (secondary N) is 2. The molecule has 0 aliphatic carbocycles. The third-order valence-electron chi connectivity index (χ3n) is 3.76. The number of fused-ring (bicyclic) bond motifs is 1. The highest BCUT2D eigenvalue weighted by atomic mass is 14.9. The van der Waals surface area contributed by atoms with Crippen molar-refractivity contribution in [2.75, 3.05) is 0 Å². The van der Waals surface area contributed by atoms with E-state index in [4.69, 9.17) is 0 Å². The number of H-pyrrole nitrogens is 1. The molecule has 0 spiro atoms. The van der Waals surface area contributed by atoms with Crippen LogP contribution in [0.3, 0.4) is 0 Å². The van der Waals surface area contributed by atoms with Crippen LogP contribution in [0.2, 0.25) is 0 Å². The summed E-state index contributed by atoms with van der Waals surface area (Å²) in [6.07, 6.45) is 0. The van der Waals surface area contributed by atoms with E-state index in [1.54, 1.807) is 0 Å². The summed E-state index contributed by atoms with van der Waals surface area (Å²) >= 11 is 0. The van der Waals surface area contributed by atoms with Crippen molar-refractivity contribution in [1.82, 2.24) is 10.3 Å². The lowest BCUT2D eigenvalue weighted by Gasteiger charge is -2.13. The van der Waals surface area contributed by atoms with Gasteiger partial charge in [0.25, 0.3) is 0 Å². The zero-order valence-electron chi connectivity index (χ0n) is 12.0. The lowest BCUT2D eigenvalue weighted by Crippen LogP contribution is -2.18. The highest BCUT2D eigenvalue weighted by molar-refractivity contribution is 5.80. The molecule has 0 saturated heterocycles. The molecule has 1 heterocycles. The Morgan fingerprint density at radius 2 is 1.80 bits per heavy atom. The summed E-state index contributed by atoms with van der Waals surface area (Å²) in [5, 5.41) is 4.84. The molecule has 20 heavy (non-hydrogen) atoms. The third-order valence-corrected chi connectivity index (χ3v) is 3.76. The average molecular weight is 264 g/mol. The molecule has 2 aromatic carbocycles. The summed E-state index contributed by atoms with van der Waals surface area (Å²) in [4.78, 5) is 3.45. The van der Waals surface area contributed by atoms with Gasteiger partial charge < -0.3 is 10.3 Å². The van der Waals surface area contributed by atoms with Crippen LogP contribution >= 0.6 is 0 Å². The van der Waals surface area contributed by atoms with Gasteiger partial charge in [0.15, 0.2) is 0 Å². The molecule has 0 amide bonds. The minimum Gasteiger partial charge on any atom is -0.357 e. The zero-order chi connectivity index (χ0) is 13.9. The first-order valence-corrected chi connectivity index (χ1v) is 7.09. The van der Waals surface area contributed by atoms with Gasteiger partial charge in [-0.1, -0.05) is 48.0 Å². The van der Waals surface area contributed by atoms with E-state index in [-0.39, 0.29) is 0 Å². The molecular weight excluding hydrogens is 244 g/mol. The maximum atomic E-state index is 3.56. The largest absolute Gasteiger partial charge is 0.357 e. The molecule has 0 fully saturated rings. The summed E-state index contributed by atoms with van der Waals surface area (Å²) in [7, 11) is 0.